The van der Waals surface area contributed by atoms with E-state index < -0.39 is 17.9 Å². The normalized spacial score (nSPS) is 21.7. The van der Waals surface area contributed by atoms with E-state index in [0.29, 0.717) is 0 Å². The lowest BCUT2D eigenvalue weighted by molar-refractivity contribution is -0.156. The number of aromatic nitrogens is 2. The van der Waals surface area contributed by atoms with Gasteiger partial charge in [0, 0.05) is 43.2 Å². The van der Waals surface area contributed by atoms with Crippen LogP contribution < -0.4 is 5.32 Å². The lowest BCUT2D eigenvalue weighted by atomic mass is 9.92. The molecule has 2 fully saturated rings. The summed E-state index contributed by atoms with van der Waals surface area (Å²) in [7, 11) is 0. The van der Waals surface area contributed by atoms with Crippen LogP contribution in [-0.4, -0.2) is 59.8 Å². The molecule has 1 aromatic heterocycles. The molecule has 222 valence electrons. The molecule has 3 aliphatic rings. The number of ether oxygens (including phenoxy) is 1. The zero-order valence-electron chi connectivity index (χ0n) is 23.4. The molecule has 1 saturated heterocycles. The van der Waals surface area contributed by atoms with Crippen LogP contribution >= 0.6 is 0 Å². The summed E-state index contributed by atoms with van der Waals surface area (Å²) in [5, 5.41) is 11.9. The minimum absolute atomic E-state index is 0.124. The number of nitrogens with zero attached hydrogens (tertiary/aromatic N) is 2. The second-order valence-electron chi connectivity index (χ2n) is 11.1. The molecule has 2 N–H and O–H groups in total. The van der Waals surface area contributed by atoms with Gasteiger partial charge in [0.15, 0.2) is 0 Å². The maximum absolute atomic E-state index is 12.9. The standard InChI is InChI=1S/C31H30N4O2.C2HF3O/c36-30-31(25-4-1-2-5-28(25)32-30)19-26(31)23-11-12-24-27(33-34-29(24)18-23)13-10-21-6-8-22(9-7-21)20-35-14-3-16-37-17-15-35;3-2(4,5)1-6/h1-2,4-13,18,26H,3,14-17,19-20H2,(H,32,36)(H,33,34);1H/b13-10+;/t26-,31-;/m0./s1. The van der Waals surface area contributed by atoms with Crippen molar-refractivity contribution in [3.63, 3.8) is 0 Å². The summed E-state index contributed by atoms with van der Waals surface area (Å²) in [6.45, 7) is 4.76. The molecular weight excluding hydrogens is 557 g/mol. The third-order valence-electron chi connectivity index (χ3n) is 8.31. The number of carbonyl (C=O) groups excluding carboxylic acids is 2. The number of anilines is 1. The number of halogens is 3. The zero-order valence-corrected chi connectivity index (χ0v) is 23.4. The maximum Gasteiger partial charge on any atom is 0.446 e. The molecule has 1 spiro atoms. The monoisotopic (exact) mass is 588 g/mol. The fourth-order valence-corrected chi connectivity index (χ4v) is 6.08. The number of nitrogens with one attached hydrogen (secondary N) is 2. The zero-order chi connectivity index (χ0) is 30.0. The summed E-state index contributed by atoms with van der Waals surface area (Å²) in [6.07, 6.45) is 0.434. The first-order chi connectivity index (χ1) is 20.8. The van der Waals surface area contributed by atoms with Crippen LogP contribution in [0.5, 0.6) is 0 Å². The highest BCUT2D eigenvalue weighted by atomic mass is 19.4. The van der Waals surface area contributed by atoms with Crippen LogP contribution in [0.4, 0.5) is 18.9 Å². The second kappa shape index (κ2) is 11.8. The Kier molecular flexibility index (Phi) is 7.89. The molecule has 3 heterocycles. The third-order valence-corrected chi connectivity index (χ3v) is 8.31. The lowest BCUT2D eigenvalue weighted by Gasteiger charge is -2.19. The summed E-state index contributed by atoms with van der Waals surface area (Å²) < 4.78 is 36.8. The van der Waals surface area contributed by atoms with Gasteiger partial charge in [-0.1, -0.05) is 60.7 Å². The number of hydrogen-bond acceptors (Lipinski definition) is 5. The summed E-state index contributed by atoms with van der Waals surface area (Å²) in [6, 6.07) is 23.3. The fraction of sp³-hybridized carbons (Fsp3) is 0.303. The van der Waals surface area contributed by atoms with Gasteiger partial charge >= 0.3 is 6.18 Å². The van der Waals surface area contributed by atoms with Crippen LogP contribution in [0.15, 0.2) is 66.7 Å². The van der Waals surface area contributed by atoms with Gasteiger partial charge in [0.2, 0.25) is 12.2 Å². The van der Waals surface area contributed by atoms with E-state index in [0.717, 1.165) is 79.1 Å². The predicted molar refractivity (Wildman–Crippen MR) is 158 cm³/mol. The number of aromatic amines is 1. The van der Waals surface area contributed by atoms with E-state index in [1.165, 1.54) is 11.1 Å². The van der Waals surface area contributed by atoms with Crippen molar-refractivity contribution in [2.45, 2.75) is 36.9 Å². The topological polar surface area (TPSA) is 87.3 Å². The predicted octanol–water partition coefficient (Wildman–Crippen LogP) is 6.08. The molecule has 1 amide bonds. The molecule has 1 aliphatic carbocycles. The minimum Gasteiger partial charge on any atom is -0.380 e. The Morgan fingerprint density at radius 3 is 2.60 bits per heavy atom. The minimum atomic E-state index is -4.64. The largest absolute Gasteiger partial charge is 0.446 e. The Hall–Kier alpha value is -4.28. The Bertz CT molecular complexity index is 1660. The molecule has 7 nitrogen and oxygen atoms in total. The average molecular weight is 589 g/mol. The quantitative estimate of drug-likeness (QED) is 0.276. The molecule has 0 bridgehead atoms. The van der Waals surface area contributed by atoms with E-state index in [9.17, 15) is 18.0 Å². The summed E-state index contributed by atoms with van der Waals surface area (Å²) in [5.74, 6) is 0.321. The van der Waals surface area contributed by atoms with Crippen LogP contribution in [0, 0.1) is 0 Å². The molecule has 4 aromatic rings. The first kappa shape index (κ1) is 28.8. The van der Waals surface area contributed by atoms with Crippen LogP contribution in [0.2, 0.25) is 0 Å². The molecule has 43 heavy (non-hydrogen) atoms. The van der Waals surface area contributed by atoms with Crippen LogP contribution in [0.1, 0.15) is 46.7 Å². The van der Waals surface area contributed by atoms with E-state index in [2.05, 4.69) is 81.1 Å². The molecule has 0 radical (unpaired) electrons. The van der Waals surface area contributed by atoms with E-state index in [4.69, 9.17) is 9.53 Å². The number of fused-ring (bicyclic) bond motifs is 3. The molecular formula is C33H31F3N4O3. The van der Waals surface area contributed by atoms with Crippen LogP contribution in [-0.2, 0) is 26.3 Å². The molecule has 0 unspecified atom stereocenters. The number of alkyl halides is 3. The van der Waals surface area contributed by atoms with Crippen molar-refractivity contribution in [2.24, 2.45) is 0 Å². The van der Waals surface area contributed by atoms with Crippen LogP contribution in [0.3, 0.4) is 0 Å². The molecule has 2 aliphatic heterocycles. The Balaban J connectivity index is 0.000000501. The Morgan fingerprint density at radius 1 is 1.02 bits per heavy atom. The lowest BCUT2D eigenvalue weighted by Crippen LogP contribution is -2.25. The average Bonchev–Trinajstić information content (AvgIpc) is 3.63. The van der Waals surface area contributed by atoms with E-state index in [-0.39, 0.29) is 11.8 Å². The van der Waals surface area contributed by atoms with Gasteiger partial charge < -0.3 is 10.1 Å². The van der Waals surface area contributed by atoms with Gasteiger partial charge in [0.1, 0.15) is 0 Å². The van der Waals surface area contributed by atoms with Gasteiger partial charge in [0.05, 0.1) is 23.2 Å². The summed E-state index contributed by atoms with van der Waals surface area (Å²) in [4.78, 5) is 24.0. The van der Waals surface area contributed by atoms with Crippen molar-refractivity contribution in [3.05, 3.63) is 94.7 Å². The smallest absolute Gasteiger partial charge is 0.380 e. The van der Waals surface area contributed by atoms with Gasteiger partial charge in [0.25, 0.3) is 0 Å². The number of carbonyl (C=O) groups is 2. The van der Waals surface area contributed by atoms with E-state index in [1.807, 2.05) is 18.2 Å². The van der Waals surface area contributed by atoms with Crippen molar-refractivity contribution in [1.82, 2.24) is 15.1 Å². The highest BCUT2D eigenvalue weighted by Crippen LogP contribution is 2.65. The number of aldehydes is 1. The third kappa shape index (κ3) is 6.11. The summed E-state index contributed by atoms with van der Waals surface area (Å²) in [5.41, 5.74) is 7.26. The van der Waals surface area contributed by atoms with Crippen molar-refractivity contribution in [2.75, 3.05) is 31.6 Å². The number of amides is 1. The number of hydrogen-bond donors (Lipinski definition) is 2. The van der Waals surface area contributed by atoms with Crippen molar-refractivity contribution in [1.29, 1.82) is 0 Å². The van der Waals surface area contributed by atoms with Gasteiger partial charge in [-0.2, -0.15) is 18.3 Å². The first-order valence-corrected chi connectivity index (χ1v) is 14.3. The Labute approximate surface area is 246 Å². The van der Waals surface area contributed by atoms with Gasteiger partial charge in [-0.15, -0.1) is 0 Å². The fourth-order valence-electron chi connectivity index (χ4n) is 6.08. The molecule has 10 heteroatoms. The van der Waals surface area contributed by atoms with Crippen molar-refractivity contribution in [3.8, 4) is 0 Å². The van der Waals surface area contributed by atoms with Gasteiger partial charge in [-0.25, -0.2) is 0 Å². The van der Waals surface area contributed by atoms with Crippen LogP contribution in [0.25, 0.3) is 23.1 Å². The van der Waals surface area contributed by atoms with E-state index in [1.54, 1.807) is 0 Å². The molecule has 2 atom stereocenters. The molecule has 7 rings (SSSR count). The number of H-pyrrole nitrogens is 1. The summed E-state index contributed by atoms with van der Waals surface area (Å²) >= 11 is 0. The SMILES string of the molecule is O=C1Nc2ccccc2[C@]12C[C@H]2c1ccc2c(/C=C/c3ccc(CN4CCCOCC4)cc3)n[nH]c2c1.O=CC(F)(F)F. The number of benzene rings is 3. The molecule has 3 aromatic carbocycles. The van der Waals surface area contributed by atoms with Gasteiger partial charge in [-0.05, 0) is 53.3 Å². The highest BCUT2D eigenvalue weighted by Gasteiger charge is 2.65. The number of para-hydroxylation sites is 1. The van der Waals surface area contributed by atoms with Crippen molar-refractivity contribution >= 4 is 40.9 Å². The van der Waals surface area contributed by atoms with Gasteiger partial charge in [-0.3, -0.25) is 19.6 Å². The molecule has 1 saturated carbocycles. The first-order valence-electron chi connectivity index (χ1n) is 14.3. The highest BCUT2D eigenvalue weighted by molar-refractivity contribution is 6.09. The number of rotatable bonds is 5. The second-order valence-corrected chi connectivity index (χ2v) is 11.1. The maximum atomic E-state index is 12.9. The Morgan fingerprint density at radius 2 is 1.81 bits per heavy atom. The van der Waals surface area contributed by atoms with Crippen molar-refractivity contribution < 1.29 is 27.5 Å². The van der Waals surface area contributed by atoms with E-state index >= 15 is 0 Å².